The number of methoxy groups -OCH3 is 1. The number of guanidine groups is 1. The van der Waals surface area contributed by atoms with Crippen molar-refractivity contribution in [2.24, 2.45) is 10.9 Å². The van der Waals surface area contributed by atoms with E-state index in [0.29, 0.717) is 12.5 Å². The zero-order chi connectivity index (χ0) is 18.9. The Labute approximate surface area is 180 Å². The van der Waals surface area contributed by atoms with Gasteiger partial charge in [-0.15, -0.1) is 24.0 Å². The number of aliphatic imine (C=N–C) groups is 1. The Kier molecular flexibility index (Phi) is 11.2. The third-order valence-corrected chi connectivity index (χ3v) is 4.79. The van der Waals surface area contributed by atoms with E-state index in [4.69, 9.17) is 14.1 Å². The summed E-state index contributed by atoms with van der Waals surface area (Å²) in [5.74, 6) is 3.27. The summed E-state index contributed by atoms with van der Waals surface area (Å²) in [6, 6.07) is 0.243. The molecule has 8 heteroatoms. The Hall–Kier alpha value is -0.870. The van der Waals surface area contributed by atoms with E-state index in [9.17, 15) is 0 Å². The van der Waals surface area contributed by atoms with Gasteiger partial charge in [0.1, 0.15) is 5.76 Å². The van der Waals surface area contributed by atoms with E-state index in [1.807, 2.05) is 13.8 Å². The van der Waals surface area contributed by atoms with E-state index in [2.05, 4.69) is 34.4 Å². The first-order chi connectivity index (χ1) is 12.5. The fourth-order valence-corrected chi connectivity index (χ4v) is 3.19. The van der Waals surface area contributed by atoms with Crippen molar-refractivity contribution in [1.82, 2.24) is 20.5 Å². The molecular weight excluding hydrogens is 457 g/mol. The molecule has 1 aromatic heterocycles. The number of rotatable bonds is 8. The maximum Gasteiger partial charge on any atom is 0.208 e. The molecule has 1 saturated heterocycles. The number of ether oxygens (including phenoxy) is 1. The first kappa shape index (κ1) is 24.2. The number of piperidine rings is 1. The number of likely N-dealkylation sites (tertiary alicyclic amines) is 1. The summed E-state index contributed by atoms with van der Waals surface area (Å²) in [6.07, 6.45) is 2.32. The monoisotopic (exact) mass is 493 g/mol. The highest BCUT2D eigenvalue weighted by Gasteiger charge is 2.21. The number of hydrogen-bond donors (Lipinski definition) is 2. The van der Waals surface area contributed by atoms with Gasteiger partial charge in [0.15, 0.2) is 5.96 Å². The molecule has 156 valence electrons. The van der Waals surface area contributed by atoms with Crippen molar-refractivity contribution in [2.75, 3.05) is 39.9 Å². The van der Waals surface area contributed by atoms with Crippen LogP contribution in [0.15, 0.2) is 9.41 Å². The normalized spacial score (nSPS) is 17.4. The first-order valence-electron chi connectivity index (χ1n) is 9.70. The summed E-state index contributed by atoms with van der Waals surface area (Å²) >= 11 is 0. The van der Waals surface area contributed by atoms with E-state index in [-0.39, 0.29) is 30.0 Å². The Morgan fingerprint density at radius 1 is 1.37 bits per heavy atom. The molecule has 0 aliphatic carbocycles. The van der Waals surface area contributed by atoms with Gasteiger partial charge in [0.05, 0.1) is 18.8 Å². The summed E-state index contributed by atoms with van der Waals surface area (Å²) in [5.41, 5.74) is 0.996. The van der Waals surface area contributed by atoms with Crippen LogP contribution in [0.25, 0.3) is 0 Å². The highest BCUT2D eigenvalue weighted by molar-refractivity contribution is 14.0. The molecule has 7 nitrogen and oxygen atoms in total. The molecule has 1 aliphatic heterocycles. The lowest BCUT2D eigenvalue weighted by Gasteiger charge is -2.30. The van der Waals surface area contributed by atoms with Gasteiger partial charge in [-0.3, -0.25) is 9.89 Å². The minimum atomic E-state index is 0. The molecule has 2 rings (SSSR count). The average molecular weight is 493 g/mol. The zero-order valence-electron chi connectivity index (χ0n) is 17.4. The van der Waals surface area contributed by atoms with Crippen molar-refractivity contribution < 1.29 is 9.15 Å². The van der Waals surface area contributed by atoms with Crippen LogP contribution < -0.4 is 10.6 Å². The van der Waals surface area contributed by atoms with Crippen LogP contribution in [0.2, 0.25) is 0 Å². The van der Waals surface area contributed by atoms with E-state index in [0.717, 1.165) is 68.9 Å². The fourth-order valence-electron chi connectivity index (χ4n) is 3.19. The maximum atomic E-state index is 5.71. The van der Waals surface area contributed by atoms with Crippen molar-refractivity contribution in [2.45, 2.75) is 53.1 Å². The molecule has 0 saturated carbocycles. The number of nitrogens with zero attached hydrogens (tertiary/aromatic N) is 3. The van der Waals surface area contributed by atoms with Crippen molar-refractivity contribution >= 4 is 29.9 Å². The smallest absolute Gasteiger partial charge is 0.208 e. The summed E-state index contributed by atoms with van der Waals surface area (Å²) in [7, 11) is 1.72. The number of hydrogen-bond acceptors (Lipinski definition) is 5. The summed E-state index contributed by atoms with van der Waals surface area (Å²) in [6.45, 7) is 13.5. The number of halogens is 1. The van der Waals surface area contributed by atoms with Gasteiger partial charge in [-0.2, -0.15) is 0 Å². The Balaban J connectivity index is 0.00000364. The van der Waals surface area contributed by atoms with Gasteiger partial charge in [0.25, 0.3) is 0 Å². The van der Waals surface area contributed by atoms with Crippen molar-refractivity contribution in [3.8, 4) is 0 Å². The molecule has 1 atom stereocenters. The second-order valence-corrected chi connectivity index (χ2v) is 7.19. The van der Waals surface area contributed by atoms with Gasteiger partial charge in [-0.25, -0.2) is 4.98 Å². The van der Waals surface area contributed by atoms with Crippen molar-refractivity contribution in [3.63, 3.8) is 0 Å². The largest absolute Gasteiger partial charge is 0.444 e. The van der Waals surface area contributed by atoms with Crippen LogP contribution in [0.5, 0.6) is 0 Å². The van der Waals surface area contributed by atoms with Crippen LogP contribution in [0, 0.1) is 19.8 Å². The minimum Gasteiger partial charge on any atom is -0.444 e. The summed E-state index contributed by atoms with van der Waals surface area (Å²) in [5, 5.41) is 6.70. The lowest BCUT2D eigenvalue weighted by Crippen LogP contribution is -2.44. The molecule has 0 aromatic carbocycles. The van der Waals surface area contributed by atoms with Crippen LogP contribution in [-0.4, -0.2) is 61.8 Å². The average Bonchev–Trinajstić information content (AvgIpc) is 2.92. The molecule has 27 heavy (non-hydrogen) atoms. The lowest BCUT2D eigenvalue weighted by atomic mass is 9.97. The Bertz CT molecular complexity index is 551. The number of nitrogens with one attached hydrogen (secondary N) is 2. The number of aromatic nitrogens is 1. The number of oxazole rings is 1. The van der Waals surface area contributed by atoms with E-state index < -0.39 is 0 Å². The van der Waals surface area contributed by atoms with E-state index in [1.54, 1.807) is 7.11 Å². The van der Waals surface area contributed by atoms with Gasteiger partial charge in [0, 0.05) is 26.2 Å². The van der Waals surface area contributed by atoms with E-state index >= 15 is 0 Å². The van der Waals surface area contributed by atoms with Gasteiger partial charge in [-0.1, -0.05) is 0 Å². The predicted octanol–water partition coefficient (Wildman–Crippen LogP) is 2.71. The van der Waals surface area contributed by atoms with Crippen LogP contribution in [0.1, 0.15) is 44.0 Å². The Morgan fingerprint density at radius 3 is 2.63 bits per heavy atom. The molecule has 0 bridgehead atoms. The van der Waals surface area contributed by atoms with Crippen LogP contribution in [0.3, 0.4) is 0 Å². The fraction of sp³-hybridized carbons (Fsp3) is 0.789. The molecule has 0 amide bonds. The molecule has 1 aromatic rings. The van der Waals surface area contributed by atoms with Crippen LogP contribution >= 0.6 is 24.0 Å². The van der Waals surface area contributed by atoms with Gasteiger partial charge in [-0.05, 0) is 59.5 Å². The second kappa shape index (κ2) is 12.6. The van der Waals surface area contributed by atoms with Crippen LogP contribution in [-0.2, 0) is 11.3 Å². The Morgan fingerprint density at radius 2 is 2.07 bits per heavy atom. The molecule has 2 N–H and O–H groups in total. The van der Waals surface area contributed by atoms with E-state index in [1.165, 1.54) is 0 Å². The topological polar surface area (TPSA) is 74.9 Å². The number of aryl methyl sites for hydroxylation is 2. The lowest BCUT2D eigenvalue weighted by molar-refractivity contribution is 0.166. The highest BCUT2D eigenvalue weighted by atomic mass is 127. The molecular formula is C19H36IN5O2. The molecule has 1 fully saturated rings. The molecule has 1 unspecified atom stereocenters. The summed E-state index contributed by atoms with van der Waals surface area (Å²) < 4.78 is 10.9. The van der Waals surface area contributed by atoms with Crippen molar-refractivity contribution in [3.05, 3.63) is 17.3 Å². The van der Waals surface area contributed by atoms with Gasteiger partial charge >= 0.3 is 0 Å². The third kappa shape index (κ3) is 8.35. The highest BCUT2D eigenvalue weighted by Crippen LogP contribution is 2.20. The molecule has 0 spiro atoms. The standard InChI is InChI=1S/C19H35N5O2.HI/c1-6-20-19(22-14(2)13-25-5)21-11-17-7-9-24(10-8-17)12-18-23-15(3)16(4)26-18;/h14,17H,6-13H2,1-5H3,(H2,20,21,22);1H. The third-order valence-electron chi connectivity index (χ3n) is 4.79. The zero-order valence-corrected chi connectivity index (χ0v) is 19.7. The minimum absolute atomic E-state index is 0. The molecule has 2 heterocycles. The van der Waals surface area contributed by atoms with Gasteiger partial charge in [0.2, 0.25) is 5.89 Å². The molecule has 1 aliphatic rings. The SMILES string of the molecule is CCNC(=NCC1CCN(Cc2nc(C)c(C)o2)CC1)NC(C)COC.I. The predicted molar refractivity (Wildman–Crippen MR) is 120 cm³/mol. The first-order valence-corrected chi connectivity index (χ1v) is 9.70. The van der Waals surface area contributed by atoms with Crippen molar-refractivity contribution in [1.29, 1.82) is 0 Å². The maximum absolute atomic E-state index is 5.71. The van der Waals surface area contributed by atoms with Gasteiger partial charge < -0.3 is 19.8 Å². The second-order valence-electron chi connectivity index (χ2n) is 7.19. The summed E-state index contributed by atoms with van der Waals surface area (Å²) in [4.78, 5) is 11.7. The van der Waals surface area contributed by atoms with Crippen LogP contribution in [0.4, 0.5) is 0 Å². The molecule has 0 radical (unpaired) electrons. The quantitative estimate of drug-likeness (QED) is 0.330.